The number of amides is 1. The molecule has 2 aromatic rings. The number of fused-ring (bicyclic) bond motifs is 2. The molecule has 112 valence electrons. The number of carbonyl (C=O) groups is 1. The zero-order chi connectivity index (χ0) is 15.3. The second-order valence-electron chi connectivity index (χ2n) is 6.30. The number of nitrogen functional groups attached to an aromatic ring is 1. The van der Waals surface area contributed by atoms with Gasteiger partial charge in [-0.3, -0.25) is 4.79 Å². The van der Waals surface area contributed by atoms with E-state index < -0.39 is 0 Å². The molecule has 0 saturated heterocycles. The van der Waals surface area contributed by atoms with Gasteiger partial charge in [0.2, 0.25) is 5.91 Å². The highest BCUT2D eigenvalue weighted by molar-refractivity contribution is 6.08. The number of carbonyl (C=O) groups excluding carboxylic acids is 1. The Bertz CT molecular complexity index is 781. The molecule has 1 saturated carbocycles. The van der Waals surface area contributed by atoms with E-state index in [1.54, 1.807) is 6.07 Å². The Hall–Kier alpha value is -2.36. The van der Waals surface area contributed by atoms with Gasteiger partial charge in [0.25, 0.3) is 0 Å². The predicted molar refractivity (Wildman–Crippen MR) is 84.2 cm³/mol. The minimum Gasteiger partial charge on any atom is -0.399 e. The summed E-state index contributed by atoms with van der Waals surface area (Å²) in [7, 11) is 0. The van der Waals surface area contributed by atoms with Crippen LogP contribution in [0.4, 0.5) is 15.8 Å². The van der Waals surface area contributed by atoms with Crippen molar-refractivity contribution in [2.24, 2.45) is 0 Å². The summed E-state index contributed by atoms with van der Waals surface area (Å²) in [6, 6.07) is 10.3. The number of hydrogen-bond donors (Lipinski definition) is 2. The summed E-state index contributed by atoms with van der Waals surface area (Å²) in [5.41, 5.74) is 10.1. The van der Waals surface area contributed by atoms with E-state index in [2.05, 4.69) is 5.32 Å². The van der Waals surface area contributed by atoms with Crippen molar-refractivity contribution in [2.45, 2.75) is 31.1 Å². The lowest BCUT2D eigenvalue weighted by molar-refractivity contribution is -0.123. The fourth-order valence-electron chi connectivity index (χ4n) is 3.64. The van der Waals surface area contributed by atoms with Gasteiger partial charge in [-0.1, -0.05) is 18.6 Å². The molecular weight excluding hydrogens is 279 g/mol. The lowest BCUT2D eigenvalue weighted by Gasteiger charge is -2.36. The molecule has 2 aliphatic rings. The second kappa shape index (κ2) is 4.57. The van der Waals surface area contributed by atoms with Gasteiger partial charge in [0.15, 0.2) is 0 Å². The number of nitrogens with two attached hydrogens (primary N) is 1. The van der Waals surface area contributed by atoms with Gasteiger partial charge in [-0.15, -0.1) is 0 Å². The number of hydrogen-bond acceptors (Lipinski definition) is 2. The van der Waals surface area contributed by atoms with Crippen LogP contribution >= 0.6 is 0 Å². The maximum Gasteiger partial charge on any atom is 0.235 e. The van der Waals surface area contributed by atoms with Crippen molar-refractivity contribution in [3.05, 3.63) is 58.9 Å². The van der Waals surface area contributed by atoms with E-state index in [9.17, 15) is 9.18 Å². The van der Waals surface area contributed by atoms with Crippen LogP contribution in [0.5, 0.6) is 0 Å². The number of halogens is 1. The summed E-state index contributed by atoms with van der Waals surface area (Å²) in [6.45, 7) is 0. The number of benzene rings is 2. The van der Waals surface area contributed by atoms with Crippen LogP contribution in [0.3, 0.4) is 0 Å². The van der Waals surface area contributed by atoms with Gasteiger partial charge < -0.3 is 11.1 Å². The summed E-state index contributed by atoms with van der Waals surface area (Å²) in [6.07, 6.45) is 3.39. The number of nitrogens with one attached hydrogen (secondary N) is 1. The molecule has 3 nitrogen and oxygen atoms in total. The Morgan fingerprint density at radius 2 is 2.05 bits per heavy atom. The molecule has 4 rings (SSSR count). The summed E-state index contributed by atoms with van der Waals surface area (Å²) in [5, 5.41) is 3.03. The zero-order valence-corrected chi connectivity index (χ0v) is 12.2. The molecule has 1 aliphatic carbocycles. The van der Waals surface area contributed by atoms with Crippen molar-refractivity contribution in [3.63, 3.8) is 0 Å². The zero-order valence-electron chi connectivity index (χ0n) is 12.2. The van der Waals surface area contributed by atoms with E-state index in [0.717, 1.165) is 41.6 Å². The highest BCUT2D eigenvalue weighted by atomic mass is 19.1. The van der Waals surface area contributed by atoms with E-state index in [0.29, 0.717) is 12.1 Å². The van der Waals surface area contributed by atoms with Crippen molar-refractivity contribution in [1.29, 1.82) is 0 Å². The Balaban J connectivity index is 1.79. The average molecular weight is 296 g/mol. The molecule has 0 radical (unpaired) electrons. The predicted octanol–water partition coefficient (Wildman–Crippen LogP) is 3.37. The summed E-state index contributed by atoms with van der Waals surface area (Å²) in [5.74, 6) is -0.169. The van der Waals surface area contributed by atoms with Gasteiger partial charge >= 0.3 is 0 Å². The third kappa shape index (κ3) is 1.83. The van der Waals surface area contributed by atoms with E-state index in [1.165, 1.54) is 12.1 Å². The Labute approximate surface area is 128 Å². The molecule has 2 aromatic carbocycles. The van der Waals surface area contributed by atoms with E-state index in [4.69, 9.17) is 5.73 Å². The van der Waals surface area contributed by atoms with Crippen molar-refractivity contribution in [1.82, 2.24) is 0 Å². The van der Waals surface area contributed by atoms with Gasteiger partial charge in [-0.25, -0.2) is 4.39 Å². The molecule has 1 fully saturated rings. The molecule has 0 unspecified atom stereocenters. The van der Waals surface area contributed by atoms with E-state index in [1.807, 2.05) is 18.2 Å². The van der Waals surface area contributed by atoms with Crippen LogP contribution in [0.15, 0.2) is 36.4 Å². The normalized spacial score (nSPS) is 18.0. The lowest BCUT2D eigenvalue weighted by Crippen LogP contribution is -2.40. The minimum atomic E-state index is -0.374. The summed E-state index contributed by atoms with van der Waals surface area (Å²) in [4.78, 5) is 12.4. The van der Waals surface area contributed by atoms with Crippen molar-refractivity contribution in [2.75, 3.05) is 11.1 Å². The standard InChI is InChI=1S/C18H17FN2O/c19-13-4-1-3-11(8-13)7-12-9-14(20)10-15-16(12)21-17(22)18(15)5-2-6-18/h1,3-4,8-10H,2,5-7,20H2,(H,21,22). The monoisotopic (exact) mass is 296 g/mol. The topological polar surface area (TPSA) is 55.1 Å². The van der Waals surface area contributed by atoms with Gasteiger partial charge in [0.05, 0.1) is 5.41 Å². The van der Waals surface area contributed by atoms with Crippen LogP contribution in [0.25, 0.3) is 0 Å². The molecule has 1 spiro atoms. The molecule has 0 bridgehead atoms. The van der Waals surface area contributed by atoms with Gasteiger partial charge in [0, 0.05) is 11.4 Å². The molecule has 1 amide bonds. The Kier molecular flexibility index (Phi) is 2.76. The molecule has 0 atom stereocenters. The Morgan fingerprint density at radius 1 is 1.23 bits per heavy atom. The van der Waals surface area contributed by atoms with Crippen molar-refractivity contribution in [3.8, 4) is 0 Å². The molecule has 4 heteroatoms. The minimum absolute atomic E-state index is 0.0832. The van der Waals surface area contributed by atoms with Crippen LogP contribution in [-0.4, -0.2) is 5.91 Å². The van der Waals surface area contributed by atoms with E-state index in [-0.39, 0.29) is 17.1 Å². The number of anilines is 2. The third-order valence-corrected chi connectivity index (χ3v) is 4.92. The smallest absolute Gasteiger partial charge is 0.235 e. The third-order valence-electron chi connectivity index (χ3n) is 4.92. The van der Waals surface area contributed by atoms with Crippen molar-refractivity contribution < 1.29 is 9.18 Å². The second-order valence-corrected chi connectivity index (χ2v) is 6.30. The first-order valence-electron chi connectivity index (χ1n) is 7.57. The molecule has 3 N–H and O–H groups in total. The van der Waals surface area contributed by atoms with Crippen LogP contribution < -0.4 is 11.1 Å². The first kappa shape index (κ1) is 13.3. The first-order valence-corrected chi connectivity index (χ1v) is 7.57. The van der Waals surface area contributed by atoms with Crippen LogP contribution in [-0.2, 0) is 16.6 Å². The highest BCUT2D eigenvalue weighted by Gasteiger charge is 2.51. The SMILES string of the molecule is Nc1cc(Cc2cccc(F)c2)c2c(c1)C1(CCC1)C(=O)N2. The quantitative estimate of drug-likeness (QED) is 0.835. The molecule has 1 heterocycles. The Morgan fingerprint density at radius 3 is 2.73 bits per heavy atom. The first-order chi connectivity index (χ1) is 10.6. The average Bonchev–Trinajstić information content (AvgIpc) is 2.71. The maximum absolute atomic E-state index is 13.4. The summed E-state index contributed by atoms with van der Waals surface area (Å²) < 4.78 is 13.4. The van der Waals surface area contributed by atoms with Crippen LogP contribution in [0.1, 0.15) is 36.0 Å². The number of rotatable bonds is 2. The van der Waals surface area contributed by atoms with Gasteiger partial charge in [-0.2, -0.15) is 0 Å². The van der Waals surface area contributed by atoms with Crippen LogP contribution in [0, 0.1) is 5.82 Å². The summed E-state index contributed by atoms with van der Waals surface area (Å²) >= 11 is 0. The van der Waals surface area contributed by atoms with Crippen molar-refractivity contribution >= 4 is 17.3 Å². The molecular formula is C18H17FN2O. The maximum atomic E-state index is 13.4. The van der Waals surface area contributed by atoms with E-state index >= 15 is 0 Å². The molecule has 0 aromatic heterocycles. The lowest BCUT2D eigenvalue weighted by atomic mass is 9.65. The highest BCUT2D eigenvalue weighted by Crippen LogP contribution is 2.52. The van der Waals surface area contributed by atoms with Gasteiger partial charge in [0.1, 0.15) is 5.82 Å². The van der Waals surface area contributed by atoms with Crippen LogP contribution in [0.2, 0.25) is 0 Å². The van der Waals surface area contributed by atoms with Gasteiger partial charge in [-0.05, 0) is 60.2 Å². The molecule has 1 aliphatic heterocycles. The fourth-order valence-corrected chi connectivity index (χ4v) is 3.64. The fraction of sp³-hybridized carbons (Fsp3) is 0.278. The largest absolute Gasteiger partial charge is 0.399 e. The molecule has 22 heavy (non-hydrogen) atoms.